The smallest absolute Gasteiger partial charge is 0.0576 e. The Hall–Kier alpha value is -1.18. The molecule has 0 heterocycles. The van der Waals surface area contributed by atoms with Gasteiger partial charge in [-0.2, -0.15) is 0 Å². The second-order valence-corrected chi connectivity index (χ2v) is 3.80. The molecule has 0 spiro atoms. The fraction of sp³-hybridized carbons (Fsp3) is 0.500. The van der Waals surface area contributed by atoms with Crippen molar-refractivity contribution in [2.45, 2.75) is 33.6 Å². The lowest BCUT2D eigenvalue weighted by Gasteiger charge is -2.11. The highest BCUT2D eigenvalue weighted by molar-refractivity contribution is 5.68. The normalized spacial score (nSPS) is 10.2. The van der Waals surface area contributed by atoms with Crippen LogP contribution in [0.4, 0.5) is 11.4 Å². The third kappa shape index (κ3) is 2.66. The van der Waals surface area contributed by atoms with Crippen LogP contribution in [-0.4, -0.2) is 6.54 Å². The molecule has 3 N–H and O–H groups in total. The van der Waals surface area contributed by atoms with Crippen molar-refractivity contribution >= 4 is 11.4 Å². The van der Waals surface area contributed by atoms with Gasteiger partial charge in [-0.3, -0.25) is 0 Å². The molecule has 0 aromatic heterocycles. The molecule has 0 fully saturated rings. The van der Waals surface area contributed by atoms with Gasteiger partial charge in [0, 0.05) is 6.54 Å². The van der Waals surface area contributed by atoms with E-state index in [1.54, 1.807) is 0 Å². The molecule has 2 heteroatoms. The molecule has 0 saturated carbocycles. The summed E-state index contributed by atoms with van der Waals surface area (Å²) in [5, 5.41) is 3.36. The summed E-state index contributed by atoms with van der Waals surface area (Å²) in [6.07, 6.45) is 2.39. The minimum atomic E-state index is 0.851. The molecule has 14 heavy (non-hydrogen) atoms. The van der Waals surface area contributed by atoms with Crippen molar-refractivity contribution in [2.75, 3.05) is 17.6 Å². The summed E-state index contributed by atoms with van der Waals surface area (Å²) in [5.41, 5.74) is 10.4. The molecule has 1 aromatic carbocycles. The van der Waals surface area contributed by atoms with Crippen LogP contribution in [0.5, 0.6) is 0 Å². The average Bonchev–Trinajstić information content (AvgIpc) is 2.14. The lowest BCUT2D eigenvalue weighted by Crippen LogP contribution is -2.04. The summed E-state index contributed by atoms with van der Waals surface area (Å²) < 4.78 is 0. The van der Waals surface area contributed by atoms with Gasteiger partial charge in [0.25, 0.3) is 0 Å². The SMILES string of the molecule is CCCCNc1cc(C)c(C)cc1N. The molecular weight excluding hydrogens is 172 g/mol. The van der Waals surface area contributed by atoms with E-state index in [0.29, 0.717) is 0 Å². The van der Waals surface area contributed by atoms with Crippen LogP contribution in [0.1, 0.15) is 30.9 Å². The summed E-state index contributed by atoms with van der Waals surface area (Å²) in [4.78, 5) is 0. The first-order chi connectivity index (χ1) is 6.65. The highest BCUT2D eigenvalue weighted by Gasteiger charge is 2.00. The van der Waals surface area contributed by atoms with Gasteiger partial charge in [0.1, 0.15) is 0 Å². The van der Waals surface area contributed by atoms with Crippen LogP contribution in [0, 0.1) is 13.8 Å². The number of unbranched alkanes of at least 4 members (excludes halogenated alkanes) is 1. The van der Waals surface area contributed by atoms with E-state index >= 15 is 0 Å². The van der Waals surface area contributed by atoms with Crippen LogP contribution in [-0.2, 0) is 0 Å². The summed E-state index contributed by atoms with van der Waals surface area (Å²) in [6.45, 7) is 7.38. The maximum Gasteiger partial charge on any atom is 0.0576 e. The summed E-state index contributed by atoms with van der Waals surface area (Å²) in [7, 11) is 0. The zero-order chi connectivity index (χ0) is 10.6. The molecule has 0 aliphatic heterocycles. The zero-order valence-corrected chi connectivity index (χ0v) is 9.35. The molecule has 0 amide bonds. The van der Waals surface area contributed by atoms with Crippen LogP contribution in [0.2, 0.25) is 0 Å². The monoisotopic (exact) mass is 192 g/mol. The molecule has 0 atom stereocenters. The lowest BCUT2D eigenvalue weighted by molar-refractivity contribution is 0.834. The molecule has 1 rings (SSSR count). The van der Waals surface area contributed by atoms with Gasteiger partial charge >= 0.3 is 0 Å². The number of rotatable bonds is 4. The standard InChI is InChI=1S/C12H20N2/c1-4-5-6-14-12-8-10(3)9(2)7-11(12)13/h7-8,14H,4-6,13H2,1-3H3. The number of nitrogen functional groups attached to an aromatic ring is 1. The van der Waals surface area contributed by atoms with E-state index in [1.807, 2.05) is 6.07 Å². The molecule has 0 saturated heterocycles. The lowest BCUT2D eigenvalue weighted by atomic mass is 10.1. The number of benzene rings is 1. The second-order valence-electron chi connectivity index (χ2n) is 3.80. The van der Waals surface area contributed by atoms with Crippen molar-refractivity contribution in [3.8, 4) is 0 Å². The number of anilines is 2. The minimum Gasteiger partial charge on any atom is -0.397 e. The molecule has 78 valence electrons. The number of nitrogens with two attached hydrogens (primary N) is 1. The van der Waals surface area contributed by atoms with E-state index < -0.39 is 0 Å². The van der Waals surface area contributed by atoms with Gasteiger partial charge in [-0.1, -0.05) is 13.3 Å². The van der Waals surface area contributed by atoms with E-state index in [9.17, 15) is 0 Å². The van der Waals surface area contributed by atoms with Crippen molar-refractivity contribution in [1.29, 1.82) is 0 Å². The highest BCUT2D eigenvalue weighted by atomic mass is 14.9. The van der Waals surface area contributed by atoms with Crippen LogP contribution in [0.25, 0.3) is 0 Å². The molecule has 0 radical (unpaired) electrons. The van der Waals surface area contributed by atoms with E-state index in [1.165, 1.54) is 24.0 Å². The Bertz CT molecular complexity index is 305. The van der Waals surface area contributed by atoms with Crippen LogP contribution in [0.15, 0.2) is 12.1 Å². The first-order valence-electron chi connectivity index (χ1n) is 5.25. The average molecular weight is 192 g/mol. The molecule has 1 aromatic rings. The number of hydrogen-bond acceptors (Lipinski definition) is 2. The molecular formula is C12H20N2. The maximum absolute atomic E-state index is 5.91. The van der Waals surface area contributed by atoms with Crippen molar-refractivity contribution in [2.24, 2.45) is 0 Å². The predicted molar refractivity (Wildman–Crippen MR) is 63.7 cm³/mol. The second kappa shape index (κ2) is 4.89. The fourth-order valence-corrected chi connectivity index (χ4v) is 1.39. The predicted octanol–water partition coefficient (Wildman–Crippen LogP) is 3.10. The van der Waals surface area contributed by atoms with E-state index in [0.717, 1.165) is 17.9 Å². The van der Waals surface area contributed by atoms with Gasteiger partial charge < -0.3 is 11.1 Å². The Morgan fingerprint density at radius 3 is 2.50 bits per heavy atom. The molecule has 0 aliphatic rings. The largest absolute Gasteiger partial charge is 0.397 e. The third-order valence-corrected chi connectivity index (χ3v) is 2.51. The molecule has 2 nitrogen and oxygen atoms in total. The van der Waals surface area contributed by atoms with E-state index in [2.05, 4.69) is 32.2 Å². The first kappa shape index (κ1) is 10.9. The van der Waals surface area contributed by atoms with E-state index in [-0.39, 0.29) is 0 Å². The van der Waals surface area contributed by atoms with Crippen molar-refractivity contribution in [1.82, 2.24) is 0 Å². The van der Waals surface area contributed by atoms with E-state index in [4.69, 9.17) is 5.73 Å². The fourth-order valence-electron chi connectivity index (χ4n) is 1.39. The topological polar surface area (TPSA) is 38.0 Å². The summed E-state index contributed by atoms with van der Waals surface area (Å²) in [5.74, 6) is 0. The van der Waals surface area contributed by atoms with Gasteiger partial charge in [-0.25, -0.2) is 0 Å². The number of nitrogens with one attached hydrogen (secondary N) is 1. The van der Waals surface area contributed by atoms with Gasteiger partial charge in [0.2, 0.25) is 0 Å². The van der Waals surface area contributed by atoms with Crippen LogP contribution < -0.4 is 11.1 Å². The third-order valence-electron chi connectivity index (χ3n) is 2.51. The van der Waals surface area contributed by atoms with Gasteiger partial charge in [0.15, 0.2) is 0 Å². The Kier molecular flexibility index (Phi) is 3.81. The Balaban J connectivity index is 2.72. The molecule has 0 aliphatic carbocycles. The number of hydrogen-bond donors (Lipinski definition) is 2. The quantitative estimate of drug-likeness (QED) is 0.568. The van der Waals surface area contributed by atoms with Crippen molar-refractivity contribution < 1.29 is 0 Å². The minimum absolute atomic E-state index is 0.851. The Morgan fingerprint density at radius 1 is 1.21 bits per heavy atom. The molecule has 0 bridgehead atoms. The maximum atomic E-state index is 5.91. The summed E-state index contributed by atoms with van der Waals surface area (Å²) in [6, 6.07) is 4.16. The van der Waals surface area contributed by atoms with Gasteiger partial charge in [-0.15, -0.1) is 0 Å². The van der Waals surface area contributed by atoms with Crippen molar-refractivity contribution in [3.05, 3.63) is 23.3 Å². The Labute approximate surface area is 86.5 Å². The number of aryl methyl sites for hydroxylation is 2. The van der Waals surface area contributed by atoms with Crippen LogP contribution >= 0.6 is 0 Å². The van der Waals surface area contributed by atoms with Gasteiger partial charge in [0.05, 0.1) is 11.4 Å². The van der Waals surface area contributed by atoms with Crippen molar-refractivity contribution in [3.63, 3.8) is 0 Å². The first-order valence-corrected chi connectivity index (χ1v) is 5.25. The zero-order valence-electron chi connectivity index (χ0n) is 9.35. The summed E-state index contributed by atoms with van der Waals surface area (Å²) >= 11 is 0. The van der Waals surface area contributed by atoms with Crippen LogP contribution in [0.3, 0.4) is 0 Å². The Morgan fingerprint density at radius 2 is 1.86 bits per heavy atom. The van der Waals surface area contributed by atoms with Gasteiger partial charge in [-0.05, 0) is 43.5 Å². The molecule has 0 unspecified atom stereocenters. The highest BCUT2D eigenvalue weighted by Crippen LogP contribution is 2.22.